The van der Waals surface area contributed by atoms with E-state index in [0.717, 1.165) is 5.57 Å². The number of rotatable bonds is 4. The fourth-order valence-electron chi connectivity index (χ4n) is 6.14. The molecule has 1 aliphatic heterocycles. The first-order valence-electron chi connectivity index (χ1n) is 11.7. The van der Waals surface area contributed by atoms with Gasteiger partial charge in [0.2, 0.25) is 11.8 Å². The minimum absolute atomic E-state index is 0.0192. The first-order chi connectivity index (χ1) is 16.3. The normalized spacial score (nSPS) is 28.4. The van der Waals surface area contributed by atoms with Gasteiger partial charge in [-0.2, -0.15) is 0 Å². The summed E-state index contributed by atoms with van der Waals surface area (Å²) in [4.78, 5) is 54.2. The number of Topliss-reactive ketones (excluding diaryl/α,β-unsaturated/α-hetero) is 1. The first-order valence-corrected chi connectivity index (χ1v) is 11.7. The number of allylic oxidation sites excluding steroid dienone is 6. The van der Waals surface area contributed by atoms with Crippen LogP contribution in [-0.4, -0.2) is 47.0 Å². The predicted molar refractivity (Wildman–Crippen MR) is 123 cm³/mol. The van der Waals surface area contributed by atoms with Gasteiger partial charge in [-0.1, -0.05) is 18.6 Å². The largest absolute Gasteiger partial charge is 0.508 e. The van der Waals surface area contributed by atoms with E-state index in [-0.39, 0.29) is 35.6 Å². The highest BCUT2D eigenvalue weighted by Crippen LogP contribution is 2.56. The molecule has 1 aromatic carbocycles. The van der Waals surface area contributed by atoms with Crippen LogP contribution < -0.4 is 4.74 Å². The van der Waals surface area contributed by atoms with Gasteiger partial charge >= 0.3 is 0 Å². The minimum Gasteiger partial charge on any atom is -0.508 e. The van der Waals surface area contributed by atoms with Crippen molar-refractivity contribution >= 4 is 23.4 Å². The summed E-state index contributed by atoms with van der Waals surface area (Å²) in [6.45, 7) is 3.91. The van der Waals surface area contributed by atoms with Gasteiger partial charge in [0.1, 0.15) is 11.5 Å². The zero-order valence-electron chi connectivity index (χ0n) is 19.5. The second-order valence-electron chi connectivity index (χ2n) is 9.48. The molecule has 1 saturated heterocycles. The molecule has 1 fully saturated rings. The number of phenolic OH excluding ortho intramolecular Hbond substituents is 1. The van der Waals surface area contributed by atoms with Gasteiger partial charge < -0.3 is 9.84 Å². The van der Waals surface area contributed by atoms with E-state index < -0.39 is 23.7 Å². The number of carbonyl (C=O) groups excluding carboxylic acids is 4. The molecule has 0 spiro atoms. The molecule has 34 heavy (non-hydrogen) atoms. The van der Waals surface area contributed by atoms with Crippen LogP contribution in [-0.2, 0) is 19.2 Å². The lowest BCUT2D eigenvalue weighted by molar-refractivity contribution is -0.140. The maximum atomic E-state index is 13.4. The number of ether oxygens (including phenoxy) is 1. The van der Waals surface area contributed by atoms with Crippen molar-refractivity contribution in [2.24, 2.45) is 17.8 Å². The number of aromatic hydroxyl groups is 1. The number of hydrogen-bond acceptors (Lipinski definition) is 6. The standard InChI is InChI=1S/C27H27NO6/c1-4-9-28-26(32)16-7-6-15-17(23(16)27(28)33)12-19-24(21(30)10-13(2)25(19)31)22(15)18-11-14(34-3)5-8-20(18)29/h5-6,8,10-11,16-17,22-23,29H,4,7,9,12H2,1-3H3/t16-,17+,22+,23-/m0/s1. The molecular weight excluding hydrogens is 434 g/mol. The number of ketones is 2. The van der Waals surface area contributed by atoms with Gasteiger partial charge in [-0.05, 0) is 56.4 Å². The van der Waals surface area contributed by atoms with Gasteiger partial charge in [0.15, 0.2) is 11.6 Å². The highest BCUT2D eigenvalue weighted by molar-refractivity contribution is 6.23. The van der Waals surface area contributed by atoms with Crippen LogP contribution in [0, 0.1) is 17.8 Å². The maximum absolute atomic E-state index is 13.4. The lowest BCUT2D eigenvalue weighted by atomic mass is 9.59. The van der Waals surface area contributed by atoms with Gasteiger partial charge in [0, 0.05) is 34.7 Å². The number of amides is 2. The van der Waals surface area contributed by atoms with Gasteiger partial charge in [-0.3, -0.25) is 24.1 Å². The second-order valence-corrected chi connectivity index (χ2v) is 9.48. The van der Waals surface area contributed by atoms with Crippen LogP contribution in [0.5, 0.6) is 11.5 Å². The molecule has 0 unspecified atom stereocenters. The molecule has 7 nitrogen and oxygen atoms in total. The van der Waals surface area contributed by atoms with Gasteiger partial charge in [-0.15, -0.1) is 0 Å². The highest BCUT2D eigenvalue weighted by atomic mass is 16.5. The van der Waals surface area contributed by atoms with Gasteiger partial charge in [0.05, 0.1) is 18.9 Å². The topological polar surface area (TPSA) is 101 Å². The maximum Gasteiger partial charge on any atom is 0.233 e. The lowest BCUT2D eigenvalue weighted by Gasteiger charge is -2.42. The summed E-state index contributed by atoms with van der Waals surface area (Å²) in [5, 5.41) is 10.8. The van der Waals surface area contributed by atoms with Crippen LogP contribution in [0.25, 0.3) is 0 Å². The number of phenols is 1. The van der Waals surface area contributed by atoms with Crippen LogP contribution in [0.15, 0.2) is 52.6 Å². The number of imide groups is 1. The van der Waals surface area contributed by atoms with Gasteiger partial charge in [0.25, 0.3) is 0 Å². The molecular formula is C27H27NO6. The van der Waals surface area contributed by atoms with Crippen molar-refractivity contribution in [3.8, 4) is 11.5 Å². The van der Waals surface area contributed by atoms with Crippen LogP contribution in [0.1, 0.15) is 44.6 Å². The summed E-state index contributed by atoms with van der Waals surface area (Å²) < 4.78 is 5.36. The van der Waals surface area contributed by atoms with E-state index in [4.69, 9.17) is 4.74 Å². The van der Waals surface area contributed by atoms with Crippen LogP contribution >= 0.6 is 0 Å². The van der Waals surface area contributed by atoms with E-state index in [0.29, 0.717) is 47.4 Å². The molecule has 5 rings (SSSR count). The van der Waals surface area contributed by atoms with E-state index >= 15 is 0 Å². The fourth-order valence-corrected chi connectivity index (χ4v) is 6.14. The Morgan fingerprint density at radius 1 is 1.12 bits per heavy atom. The Bertz CT molecular complexity index is 1240. The molecule has 2 amide bonds. The molecule has 0 saturated carbocycles. The van der Waals surface area contributed by atoms with E-state index in [1.807, 2.05) is 13.0 Å². The number of hydrogen-bond donors (Lipinski definition) is 1. The molecule has 0 radical (unpaired) electrons. The molecule has 4 atom stereocenters. The molecule has 0 aromatic heterocycles. The van der Waals surface area contributed by atoms with Crippen molar-refractivity contribution in [2.75, 3.05) is 13.7 Å². The van der Waals surface area contributed by atoms with Crippen LogP contribution in [0.3, 0.4) is 0 Å². The summed E-state index contributed by atoms with van der Waals surface area (Å²) in [5.74, 6) is -2.46. The monoisotopic (exact) mass is 461 g/mol. The van der Waals surface area contributed by atoms with Crippen molar-refractivity contribution in [2.45, 2.75) is 39.0 Å². The Morgan fingerprint density at radius 3 is 2.59 bits per heavy atom. The van der Waals surface area contributed by atoms with Crippen LogP contribution in [0.2, 0.25) is 0 Å². The SMILES string of the molecule is CCCN1C(=O)[C@H]2[C@H](CC=C3[C@H](c4cc(OC)ccc4O)C4=C(C[C@H]32)C(=O)C(C)=CC4=O)C1=O. The highest BCUT2D eigenvalue weighted by Gasteiger charge is 2.56. The summed E-state index contributed by atoms with van der Waals surface area (Å²) in [7, 11) is 1.52. The summed E-state index contributed by atoms with van der Waals surface area (Å²) in [6.07, 6.45) is 4.60. The molecule has 1 aromatic rings. The molecule has 3 aliphatic carbocycles. The number of carbonyl (C=O) groups is 4. The van der Waals surface area contributed by atoms with Crippen molar-refractivity contribution in [3.05, 3.63) is 58.2 Å². The third kappa shape index (κ3) is 3.10. The molecule has 1 N–H and O–H groups in total. The Morgan fingerprint density at radius 2 is 1.88 bits per heavy atom. The summed E-state index contributed by atoms with van der Waals surface area (Å²) >= 11 is 0. The van der Waals surface area contributed by atoms with Crippen molar-refractivity contribution in [3.63, 3.8) is 0 Å². The quantitative estimate of drug-likeness (QED) is 0.420. The Hall–Kier alpha value is -3.48. The number of methoxy groups -OCH3 is 1. The van der Waals surface area contributed by atoms with E-state index in [1.54, 1.807) is 19.1 Å². The third-order valence-electron chi connectivity index (χ3n) is 7.65. The van der Waals surface area contributed by atoms with E-state index in [2.05, 4.69) is 0 Å². The fraction of sp³-hybridized carbons (Fsp3) is 0.407. The smallest absolute Gasteiger partial charge is 0.233 e. The summed E-state index contributed by atoms with van der Waals surface area (Å²) in [6, 6.07) is 4.81. The Labute approximate surface area is 197 Å². The molecule has 0 bridgehead atoms. The third-order valence-corrected chi connectivity index (χ3v) is 7.65. The average molecular weight is 462 g/mol. The molecule has 176 valence electrons. The van der Waals surface area contributed by atoms with Crippen molar-refractivity contribution in [1.82, 2.24) is 4.90 Å². The zero-order valence-corrected chi connectivity index (χ0v) is 19.5. The van der Waals surface area contributed by atoms with E-state index in [1.165, 1.54) is 24.2 Å². The number of benzene rings is 1. The number of fused-ring (bicyclic) bond motifs is 3. The first kappa shape index (κ1) is 22.3. The number of likely N-dealkylation sites (tertiary alicyclic amines) is 1. The van der Waals surface area contributed by atoms with Crippen LogP contribution in [0.4, 0.5) is 0 Å². The summed E-state index contributed by atoms with van der Waals surface area (Å²) in [5.41, 5.74) is 2.37. The van der Waals surface area contributed by atoms with E-state index in [9.17, 15) is 24.3 Å². The average Bonchev–Trinajstić information content (AvgIpc) is 3.07. The van der Waals surface area contributed by atoms with Crippen molar-refractivity contribution in [1.29, 1.82) is 0 Å². The molecule has 4 aliphatic rings. The minimum atomic E-state index is -0.686. The number of nitrogens with zero attached hydrogens (tertiary/aromatic N) is 1. The second kappa shape index (κ2) is 8.08. The zero-order chi connectivity index (χ0) is 24.3. The Kier molecular flexibility index (Phi) is 5.30. The molecule has 7 heteroatoms. The molecule has 1 heterocycles. The Balaban J connectivity index is 1.70. The van der Waals surface area contributed by atoms with Gasteiger partial charge in [-0.25, -0.2) is 0 Å². The lowest BCUT2D eigenvalue weighted by Crippen LogP contribution is -2.39. The predicted octanol–water partition coefficient (Wildman–Crippen LogP) is 3.24. The van der Waals surface area contributed by atoms with Crippen molar-refractivity contribution < 1.29 is 29.0 Å².